The topological polar surface area (TPSA) is 71.8 Å². The normalized spacial score (nSPS) is 11.7. The molecule has 0 aliphatic heterocycles. The van der Waals surface area contributed by atoms with E-state index in [-0.39, 0.29) is 6.03 Å². The number of hydrogen-bond donors (Lipinski definition) is 2. The van der Waals surface area contributed by atoms with Crippen LogP contribution in [0.4, 0.5) is 10.5 Å². The van der Waals surface area contributed by atoms with Crippen LogP contribution in [0.15, 0.2) is 102 Å². The van der Waals surface area contributed by atoms with Gasteiger partial charge in [0.25, 0.3) is 0 Å². The summed E-state index contributed by atoms with van der Waals surface area (Å²) < 4.78 is 1.92. The van der Waals surface area contributed by atoms with E-state index in [0.717, 1.165) is 27.9 Å². The van der Waals surface area contributed by atoms with E-state index in [9.17, 15) is 4.79 Å². The molecule has 2 N–H and O–H groups in total. The summed E-state index contributed by atoms with van der Waals surface area (Å²) in [6.07, 6.45) is 0.494. The SMILES string of the molecule is Cc1cccc(C)c1NC(=O)NC(Cc1ccccc1)c1nnc(SCc2ccccc2)n1-c1ccc(Cl)cc1Cl. The highest BCUT2D eigenvalue weighted by Gasteiger charge is 2.26. The molecule has 41 heavy (non-hydrogen) atoms. The van der Waals surface area contributed by atoms with Crippen LogP contribution in [0.2, 0.25) is 10.0 Å². The Hall–Kier alpha value is -3.78. The molecule has 2 amide bonds. The molecule has 9 heteroatoms. The lowest BCUT2D eigenvalue weighted by atomic mass is 10.1. The number of benzene rings is 4. The van der Waals surface area contributed by atoms with Gasteiger partial charge in [-0.05, 0) is 54.3 Å². The predicted octanol–water partition coefficient (Wildman–Crippen LogP) is 8.59. The molecular formula is C32H29Cl2N5OS. The molecule has 6 nitrogen and oxygen atoms in total. The van der Waals surface area contributed by atoms with E-state index in [1.165, 1.54) is 0 Å². The maximum absolute atomic E-state index is 13.4. The van der Waals surface area contributed by atoms with Crippen molar-refractivity contribution in [3.05, 3.63) is 135 Å². The summed E-state index contributed by atoms with van der Waals surface area (Å²) in [5.41, 5.74) is 5.63. The summed E-state index contributed by atoms with van der Waals surface area (Å²) in [7, 11) is 0. The molecule has 0 aliphatic carbocycles. The first-order valence-corrected chi connectivity index (χ1v) is 14.9. The Kier molecular flexibility index (Phi) is 9.29. The van der Waals surface area contributed by atoms with Crippen molar-refractivity contribution < 1.29 is 4.79 Å². The fraction of sp³-hybridized carbons (Fsp3) is 0.156. The Morgan fingerprint density at radius 2 is 1.51 bits per heavy atom. The summed E-state index contributed by atoms with van der Waals surface area (Å²) in [6, 6.07) is 30.5. The smallest absolute Gasteiger partial charge is 0.319 e. The first-order valence-electron chi connectivity index (χ1n) is 13.1. The maximum atomic E-state index is 13.4. The number of urea groups is 1. The Morgan fingerprint density at radius 3 is 2.17 bits per heavy atom. The summed E-state index contributed by atoms with van der Waals surface area (Å²) in [5, 5.41) is 17.0. The third-order valence-electron chi connectivity index (χ3n) is 6.64. The second-order valence-corrected chi connectivity index (χ2v) is 11.4. The Morgan fingerprint density at radius 1 is 0.854 bits per heavy atom. The number of carbonyl (C=O) groups is 1. The van der Waals surface area contributed by atoms with Gasteiger partial charge in [0.1, 0.15) is 0 Å². The van der Waals surface area contributed by atoms with Crippen molar-refractivity contribution in [3.63, 3.8) is 0 Å². The number of halogens is 2. The van der Waals surface area contributed by atoms with Gasteiger partial charge in [0.05, 0.1) is 16.8 Å². The van der Waals surface area contributed by atoms with Crippen molar-refractivity contribution >= 4 is 46.7 Å². The lowest BCUT2D eigenvalue weighted by molar-refractivity contribution is 0.247. The standard InChI is InChI=1S/C32H29Cl2N5OS/c1-21-10-9-11-22(2)29(21)36-31(40)35-27(18-23-12-5-3-6-13-23)30-37-38-32(41-20-24-14-7-4-8-15-24)39(30)28-17-16-25(33)19-26(28)34/h3-17,19,27H,18,20H2,1-2H3,(H2,35,36,40). The fourth-order valence-corrected chi connectivity index (χ4v) is 5.99. The minimum absolute atomic E-state index is 0.335. The van der Waals surface area contributed by atoms with Gasteiger partial charge >= 0.3 is 6.03 Å². The van der Waals surface area contributed by atoms with Gasteiger partial charge in [-0.3, -0.25) is 4.57 Å². The van der Waals surface area contributed by atoms with Crippen molar-refractivity contribution in [1.29, 1.82) is 0 Å². The number of rotatable bonds is 9. The molecule has 4 aromatic carbocycles. The molecule has 208 valence electrons. The van der Waals surface area contributed by atoms with Crippen LogP contribution in [0.5, 0.6) is 0 Å². The zero-order valence-corrected chi connectivity index (χ0v) is 25.0. The van der Waals surface area contributed by atoms with E-state index >= 15 is 0 Å². The molecule has 5 aromatic rings. The van der Waals surface area contributed by atoms with Crippen molar-refractivity contribution in [3.8, 4) is 5.69 Å². The van der Waals surface area contributed by atoms with Gasteiger partial charge < -0.3 is 10.6 Å². The lowest BCUT2D eigenvalue weighted by Crippen LogP contribution is -2.35. The Bertz CT molecular complexity index is 1620. The van der Waals surface area contributed by atoms with Gasteiger partial charge in [-0.25, -0.2) is 4.79 Å². The average Bonchev–Trinajstić information content (AvgIpc) is 3.38. The van der Waals surface area contributed by atoms with Crippen molar-refractivity contribution in [2.24, 2.45) is 0 Å². The number of carbonyl (C=O) groups excluding carboxylic acids is 1. The van der Waals surface area contributed by atoms with Crippen LogP contribution >= 0.6 is 35.0 Å². The van der Waals surface area contributed by atoms with Gasteiger partial charge in [0.15, 0.2) is 11.0 Å². The van der Waals surface area contributed by atoms with E-state index in [1.807, 2.05) is 91.2 Å². The number of anilines is 1. The van der Waals surface area contributed by atoms with Crippen LogP contribution in [0.1, 0.15) is 34.1 Å². The third kappa shape index (κ3) is 7.11. The van der Waals surface area contributed by atoms with Crippen LogP contribution in [0.25, 0.3) is 5.69 Å². The molecule has 0 aliphatic rings. The molecule has 1 heterocycles. The van der Waals surface area contributed by atoms with Crippen LogP contribution in [0.3, 0.4) is 0 Å². The van der Waals surface area contributed by atoms with Crippen molar-refractivity contribution in [1.82, 2.24) is 20.1 Å². The van der Waals surface area contributed by atoms with Crippen molar-refractivity contribution in [2.75, 3.05) is 5.32 Å². The van der Waals surface area contributed by atoms with Crippen molar-refractivity contribution in [2.45, 2.75) is 37.2 Å². The average molecular weight is 603 g/mol. The highest BCUT2D eigenvalue weighted by molar-refractivity contribution is 7.98. The van der Waals surface area contributed by atoms with Gasteiger partial charge in [-0.1, -0.05) is 114 Å². The van der Waals surface area contributed by atoms with Crippen LogP contribution in [0, 0.1) is 13.8 Å². The summed E-state index contributed by atoms with van der Waals surface area (Å²) >= 11 is 14.5. The quantitative estimate of drug-likeness (QED) is 0.166. The molecule has 0 spiro atoms. The lowest BCUT2D eigenvalue weighted by Gasteiger charge is -2.22. The van der Waals surface area contributed by atoms with E-state index < -0.39 is 6.04 Å². The minimum atomic E-state index is -0.521. The highest BCUT2D eigenvalue weighted by Crippen LogP contribution is 2.33. The highest BCUT2D eigenvalue weighted by atomic mass is 35.5. The summed E-state index contributed by atoms with van der Waals surface area (Å²) in [6.45, 7) is 3.94. The molecule has 0 bridgehead atoms. The van der Waals surface area contributed by atoms with E-state index in [4.69, 9.17) is 23.2 Å². The number of hydrogen-bond acceptors (Lipinski definition) is 4. The number of thioether (sulfide) groups is 1. The number of aromatic nitrogens is 3. The number of nitrogens with one attached hydrogen (secondary N) is 2. The molecule has 1 atom stereocenters. The third-order valence-corrected chi connectivity index (χ3v) is 8.18. The number of amides is 2. The molecule has 0 saturated carbocycles. The van der Waals surface area contributed by atoms with Gasteiger partial charge in [0, 0.05) is 22.9 Å². The Balaban J connectivity index is 1.54. The number of nitrogens with zero attached hydrogens (tertiary/aromatic N) is 3. The predicted molar refractivity (Wildman–Crippen MR) is 168 cm³/mol. The molecular weight excluding hydrogens is 573 g/mol. The Labute approximate surface area is 254 Å². The molecule has 0 radical (unpaired) electrons. The molecule has 1 aromatic heterocycles. The maximum Gasteiger partial charge on any atom is 0.319 e. The number of para-hydroxylation sites is 1. The monoisotopic (exact) mass is 601 g/mol. The fourth-order valence-electron chi connectivity index (χ4n) is 4.59. The van der Waals surface area contributed by atoms with Crippen LogP contribution in [-0.2, 0) is 12.2 Å². The minimum Gasteiger partial charge on any atom is -0.327 e. The first-order chi connectivity index (χ1) is 19.9. The zero-order chi connectivity index (χ0) is 28.8. The summed E-state index contributed by atoms with van der Waals surface area (Å²) in [5.74, 6) is 1.25. The van der Waals surface area contributed by atoms with Crippen LogP contribution < -0.4 is 10.6 Å². The molecule has 0 saturated heterocycles. The van der Waals surface area contributed by atoms with Gasteiger partial charge in [-0.2, -0.15) is 0 Å². The van der Waals surface area contributed by atoms with E-state index in [2.05, 4.69) is 33.0 Å². The van der Waals surface area contributed by atoms with E-state index in [0.29, 0.717) is 38.9 Å². The van der Waals surface area contributed by atoms with Gasteiger partial charge in [0.2, 0.25) is 0 Å². The van der Waals surface area contributed by atoms with E-state index in [1.54, 1.807) is 23.9 Å². The molecule has 5 rings (SSSR count). The largest absolute Gasteiger partial charge is 0.327 e. The second kappa shape index (κ2) is 13.3. The zero-order valence-electron chi connectivity index (χ0n) is 22.6. The van der Waals surface area contributed by atoms with Crippen LogP contribution in [-0.4, -0.2) is 20.8 Å². The molecule has 1 unspecified atom stereocenters. The number of aryl methyl sites for hydroxylation is 2. The van der Waals surface area contributed by atoms with Gasteiger partial charge in [-0.15, -0.1) is 10.2 Å². The molecule has 0 fully saturated rings. The first kappa shape index (κ1) is 28.7. The summed E-state index contributed by atoms with van der Waals surface area (Å²) in [4.78, 5) is 13.4. The second-order valence-electron chi connectivity index (χ2n) is 9.65.